The van der Waals surface area contributed by atoms with Gasteiger partial charge < -0.3 is 5.11 Å². The predicted octanol–water partition coefficient (Wildman–Crippen LogP) is 2.10. The van der Waals surface area contributed by atoms with Crippen LogP contribution in [0, 0.1) is 17.3 Å². The molecular formula is C10H18OS. The summed E-state index contributed by atoms with van der Waals surface area (Å²) in [7, 11) is 0. The van der Waals surface area contributed by atoms with Crippen molar-refractivity contribution >= 4 is 12.6 Å². The monoisotopic (exact) mass is 186 g/mol. The van der Waals surface area contributed by atoms with Gasteiger partial charge in [0.15, 0.2) is 0 Å². The molecule has 0 radical (unpaired) electrons. The Morgan fingerprint density at radius 3 is 2.33 bits per heavy atom. The molecule has 0 aromatic carbocycles. The maximum absolute atomic E-state index is 10.00. The summed E-state index contributed by atoms with van der Waals surface area (Å²) in [6, 6.07) is 0. The van der Waals surface area contributed by atoms with Crippen molar-refractivity contribution in [2.75, 3.05) is 0 Å². The molecule has 0 spiro atoms. The van der Waals surface area contributed by atoms with E-state index in [2.05, 4.69) is 26.5 Å². The Labute approximate surface area is 80.0 Å². The summed E-state index contributed by atoms with van der Waals surface area (Å²) in [5, 5.41) is 10.2. The lowest BCUT2D eigenvalue weighted by Gasteiger charge is -2.33. The molecule has 1 N–H and O–H groups in total. The minimum atomic E-state index is -0.530. The fourth-order valence-corrected chi connectivity index (χ4v) is 3.14. The highest BCUT2D eigenvalue weighted by Crippen LogP contribution is 2.66. The Hall–Kier alpha value is 0.310. The average Bonchev–Trinajstić information content (AvgIpc) is 2.37. The van der Waals surface area contributed by atoms with Crippen LogP contribution < -0.4 is 0 Å². The second-order valence-electron chi connectivity index (χ2n) is 5.35. The molecule has 1 nitrogen and oxygen atoms in total. The van der Waals surface area contributed by atoms with Crippen LogP contribution in [0.5, 0.6) is 0 Å². The van der Waals surface area contributed by atoms with E-state index in [1.807, 2.05) is 6.92 Å². The molecule has 2 saturated carbocycles. The molecule has 0 saturated heterocycles. The second-order valence-corrected chi connectivity index (χ2v) is 5.97. The molecule has 70 valence electrons. The van der Waals surface area contributed by atoms with Crippen molar-refractivity contribution in [3.8, 4) is 0 Å². The first-order valence-electron chi connectivity index (χ1n) is 4.76. The van der Waals surface area contributed by atoms with Gasteiger partial charge in [-0.2, -0.15) is 12.6 Å². The quantitative estimate of drug-likeness (QED) is 0.555. The van der Waals surface area contributed by atoms with Crippen molar-refractivity contribution in [2.45, 2.75) is 44.5 Å². The van der Waals surface area contributed by atoms with Crippen LogP contribution >= 0.6 is 12.6 Å². The van der Waals surface area contributed by atoms with E-state index < -0.39 is 5.60 Å². The van der Waals surface area contributed by atoms with Crippen LogP contribution in [-0.2, 0) is 0 Å². The zero-order valence-corrected chi connectivity index (χ0v) is 8.94. The lowest BCUT2D eigenvalue weighted by Crippen LogP contribution is -2.39. The summed E-state index contributed by atoms with van der Waals surface area (Å²) in [5.41, 5.74) is -0.0560. The number of hydrogen-bond donors (Lipinski definition) is 2. The van der Waals surface area contributed by atoms with Crippen molar-refractivity contribution in [2.24, 2.45) is 17.3 Å². The minimum Gasteiger partial charge on any atom is -0.389 e. The SMILES string of the molecule is CC1(C)C2CC(S)[C@](C)(O)CC21. The van der Waals surface area contributed by atoms with Gasteiger partial charge in [-0.3, -0.25) is 0 Å². The van der Waals surface area contributed by atoms with Gasteiger partial charge in [0.2, 0.25) is 0 Å². The maximum atomic E-state index is 10.00. The van der Waals surface area contributed by atoms with Crippen molar-refractivity contribution < 1.29 is 5.11 Å². The van der Waals surface area contributed by atoms with E-state index in [0.29, 0.717) is 5.41 Å². The predicted molar refractivity (Wildman–Crippen MR) is 53.4 cm³/mol. The number of hydrogen-bond acceptors (Lipinski definition) is 2. The molecule has 2 fully saturated rings. The van der Waals surface area contributed by atoms with Gasteiger partial charge in [-0.1, -0.05) is 13.8 Å². The van der Waals surface area contributed by atoms with Gasteiger partial charge >= 0.3 is 0 Å². The van der Waals surface area contributed by atoms with E-state index in [1.165, 1.54) is 0 Å². The second kappa shape index (κ2) is 2.21. The number of rotatable bonds is 0. The zero-order chi connectivity index (χ0) is 9.15. The summed E-state index contributed by atoms with van der Waals surface area (Å²) < 4.78 is 0. The van der Waals surface area contributed by atoms with Crippen LogP contribution in [0.3, 0.4) is 0 Å². The first-order chi connectivity index (χ1) is 5.36. The molecule has 0 amide bonds. The lowest BCUT2D eigenvalue weighted by molar-refractivity contribution is 0.0250. The van der Waals surface area contributed by atoms with E-state index in [1.54, 1.807) is 0 Å². The fraction of sp³-hybridized carbons (Fsp3) is 1.00. The standard InChI is InChI=1S/C10H18OS/c1-9(2)6-4-8(12)10(3,11)5-7(6)9/h6-8,11-12H,4-5H2,1-3H3/t6?,7?,8?,10-/m1/s1. The third-order valence-electron chi connectivity index (χ3n) is 4.12. The van der Waals surface area contributed by atoms with Crippen molar-refractivity contribution in [1.29, 1.82) is 0 Å². The van der Waals surface area contributed by atoms with Crippen molar-refractivity contribution in [3.63, 3.8) is 0 Å². The Morgan fingerprint density at radius 1 is 1.25 bits per heavy atom. The van der Waals surface area contributed by atoms with Gasteiger partial charge in [-0.05, 0) is 37.0 Å². The third kappa shape index (κ3) is 1.04. The first kappa shape index (κ1) is 8.89. The highest BCUT2D eigenvalue weighted by Gasteiger charge is 2.63. The van der Waals surface area contributed by atoms with Crippen LogP contribution in [0.15, 0.2) is 0 Å². The van der Waals surface area contributed by atoms with Crippen LogP contribution in [0.25, 0.3) is 0 Å². The smallest absolute Gasteiger partial charge is 0.0738 e. The van der Waals surface area contributed by atoms with Gasteiger partial charge in [0.05, 0.1) is 5.60 Å². The molecule has 2 heteroatoms. The average molecular weight is 186 g/mol. The Morgan fingerprint density at radius 2 is 1.83 bits per heavy atom. The first-order valence-corrected chi connectivity index (χ1v) is 5.28. The molecule has 0 bridgehead atoms. The normalized spacial score (nSPS) is 56.2. The highest BCUT2D eigenvalue weighted by atomic mass is 32.1. The Kier molecular flexibility index (Phi) is 1.64. The highest BCUT2D eigenvalue weighted by molar-refractivity contribution is 7.81. The van der Waals surface area contributed by atoms with E-state index in [4.69, 9.17) is 0 Å². The molecule has 0 heterocycles. The Bertz CT molecular complexity index is 210. The maximum Gasteiger partial charge on any atom is 0.0738 e. The lowest BCUT2D eigenvalue weighted by atomic mass is 9.86. The molecule has 0 aromatic heterocycles. The number of fused-ring (bicyclic) bond motifs is 1. The number of aliphatic hydroxyl groups is 1. The zero-order valence-electron chi connectivity index (χ0n) is 8.04. The van der Waals surface area contributed by atoms with Crippen molar-refractivity contribution in [3.05, 3.63) is 0 Å². The minimum absolute atomic E-state index is 0.181. The molecule has 12 heavy (non-hydrogen) atoms. The third-order valence-corrected chi connectivity index (χ3v) is 4.88. The topological polar surface area (TPSA) is 20.2 Å². The molecule has 2 aliphatic carbocycles. The molecular weight excluding hydrogens is 168 g/mol. The summed E-state index contributed by atoms with van der Waals surface area (Å²) in [6.07, 6.45) is 2.03. The molecule has 4 atom stereocenters. The summed E-state index contributed by atoms with van der Waals surface area (Å²) in [4.78, 5) is 0. The van der Waals surface area contributed by atoms with Crippen LogP contribution in [0.1, 0.15) is 33.6 Å². The number of thiol groups is 1. The van der Waals surface area contributed by atoms with E-state index in [9.17, 15) is 5.11 Å². The Balaban J connectivity index is 2.14. The largest absolute Gasteiger partial charge is 0.389 e. The molecule has 3 unspecified atom stereocenters. The van der Waals surface area contributed by atoms with Gasteiger partial charge in [0.25, 0.3) is 0 Å². The molecule has 2 rings (SSSR count). The van der Waals surface area contributed by atoms with Gasteiger partial charge in [0.1, 0.15) is 0 Å². The van der Waals surface area contributed by atoms with Gasteiger partial charge in [-0.25, -0.2) is 0 Å². The molecule has 0 aliphatic heterocycles. The van der Waals surface area contributed by atoms with E-state index in [-0.39, 0.29) is 5.25 Å². The van der Waals surface area contributed by atoms with E-state index >= 15 is 0 Å². The molecule has 2 aliphatic rings. The van der Waals surface area contributed by atoms with Gasteiger partial charge in [0, 0.05) is 5.25 Å². The van der Waals surface area contributed by atoms with Crippen molar-refractivity contribution in [1.82, 2.24) is 0 Å². The van der Waals surface area contributed by atoms with E-state index in [0.717, 1.165) is 24.7 Å². The van der Waals surface area contributed by atoms with Crippen LogP contribution in [0.4, 0.5) is 0 Å². The van der Waals surface area contributed by atoms with Gasteiger partial charge in [-0.15, -0.1) is 0 Å². The summed E-state index contributed by atoms with van der Waals surface area (Å²) in [6.45, 7) is 6.55. The molecule has 0 aromatic rings. The summed E-state index contributed by atoms with van der Waals surface area (Å²) >= 11 is 4.46. The fourth-order valence-electron chi connectivity index (χ4n) is 2.81. The van der Waals surface area contributed by atoms with Crippen LogP contribution in [-0.4, -0.2) is 16.0 Å². The summed E-state index contributed by atoms with van der Waals surface area (Å²) in [5.74, 6) is 1.57. The van der Waals surface area contributed by atoms with Crippen LogP contribution in [0.2, 0.25) is 0 Å².